The number of carbonyl (C=O) groups excluding carboxylic acids is 1. The lowest BCUT2D eigenvalue weighted by atomic mass is 10.1. The summed E-state index contributed by atoms with van der Waals surface area (Å²) in [5, 5.41) is 0.574. The van der Waals surface area contributed by atoms with Crippen molar-refractivity contribution in [2.45, 2.75) is 111 Å². The van der Waals surface area contributed by atoms with E-state index in [0.717, 1.165) is 30.5 Å². The second-order valence-corrected chi connectivity index (χ2v) is 11.8. The van der Waals surface area contributed by atoms with Crippen molar-refractivity contribution in [3.63, 3.8) is 0 Å². The Morgan fingerprint density at radius 1 is 0.795 bits per heavy atom. The van der Waals surface area contributed by atoms with Gasteiger partial charge in [0.05, 0.1) is 37.4 Å². The van der Waals surface area contributed by atoms with E-state index in [0.29, 0.717) is 41.8 Å². The molecule has 1 aromatic heterocycles. The van der Waals surface area contributed by atoms with Crippen molar-refractivity contribution in [1.82, 2.24) is 4.90 Å². The van der Waals surface area contributed by atoms with Crippen LogP contribution in [0.4, 0.5) is 0 Å². The molecule has 0 bridgehead atoms. The minimum absolute atomic E-state index is 0. The van der Waals surface area contributed by atoms with E-state index in [-0.39, 0.29) is 29.9 Å². The highest BCUT2D eigenvalue weighted by atomic mass is 127. The predicted molar refractivity (Wildman–Crippen MR) is 177 cm³/mol. The number of hydrogen-bond donors (Lipinski definition) is 0. The molecule has 0 saturated carbocycles. The maximum absolute atomic E-state index is 13.9. The number of carbonyl (C=O) groups is 1. The SMILES string of the molecule is CCCCCCCCCCCCCCOc1c(Cl)cccc1CN(Cc1ccc[n+](CC)c1)C(=O)c1ccccc1OC.[I-]. The Labute approximate surface area is 288 Å². The van der Waals surface area contributed by atoms with E-state index in [1.165, 1.54) is 64.2 Å². The summed E-state index contributed by atoms with van der Waals surface area (Å²) in [5.74, 6) is 1.13. The summed E-state index contributed by atoms with van der Waals surface area (Å²) in [6, 6.07) is 17.2. The van der Waals surface area contributed by atoms with Crippen LogP contribution in [0.5, 0.6) is 11.5 Å². The zero-order chi connectivity index (χ0) is 30.7. The molecule has 5 nitrogen and oxygen atoms in total. The van der Waals surface area contributed by atoms with E-state index in [9.17, 15) is 4.79 Å². The highest BCUT2D eigenvalue weighted by molar-refractivity contribution is 6.32. The summed E-state index contributed by atoms with van der Waals surface area (Å²) in [6.45, 7) is 6.67. The standard InChI is InChI=1S/C37H52ClN2O3.HI/c1-4-6-7-8-9-10-11-12-13-14-15-18-27-43-36-32(22-19-24-34(36)38)30-40(29-31-21-20-26-39(5-2)28-31)37(41)33-23-16-17-25-35(33)42-3;/h16-17,19-26,28H,4-15,18,27,29-30H2,1-3H3;1H/q+1;/p-1. The Kier molecular flexibility index (Phi) is 19.1. The first-order valence-electron chi connectivity index (χ1n) is 16.4. The number of hydrogen-bond acceptors (Lipinski definition) is 3. The first-order valence-corrected chi connectivity index (χ1v) is 16.8. The van der Waals surface area contributed by atoms with Crippen LogP contribution in [0.1, 0.15) is 112 Å². The smallest absolute Gasteiger partial charge is 0.258 e. The molecule has 0 spiro atoms. The summed E-state index contributed by atoms with van der Waals surface area (Å²) in [7, 11) is 1.59. The van der Waals surface area contributed by atoms with Crippen LogP contribution in [0.3, 0.4) is 0 Å². The lowest BCUT2D eigenvalue weighted by Gasteiger charge is -2.25. The molecular weight excluding hydrogens is 683 g/mol. The van der Waals surface area contributed by atoms with Crippen molar-refractivity contribution in [3.8, 4) is 11.5 Å². The molecule has 1 amide bonds. The normalized spacial score (nSPS) is 10.7. The molecule has 0 aliphatic carbocycles. The van der Waals surface area contributed by atoms with Gasteiger partial charge < -0.3 is 38.4 Å². The molecule has 3 rings (SSSR count). The lowest BCUT2D eigenvalue weighted by Crippen LogP contribution is -3.00. The largest absolute Gasteiger partial charge is 1.00 e. The van der Waals surface area contributed by atoms with Gasteiger partial charge >= 0.3 is 0 Å². The van der Waals surface area contributed by atoms with E-state index in [2.05, 4.69) is 30.7 Å². The minimum atomic E-state index is -0.101. The van der Waals surface area contributed by atoms with Gasteiger partial charge in [-0.05, 0) is 37.6 Å². The molecule has 0 radical (unpaired) electrons. The summed E-state index contributed by atoms with van der Waals surface area (Å²) in [6.07, 6.45) is 19.7. The highest BCUT2D eigenvalue weighted by Crippen LogP contribution is 2.31. The van der Waals surface area contributed by atoms with Crippen LogP contribution >= 0.6 is 11.6 Å². The number of para-hydroxylation sites is 2. The van der Waals surface area contributed by atoms with Crippen molar-refractivity contribution >= 4 is 17.5 Å². The molecule has 0 aliphatic rings. The monoisotopic (exact) mass is 734 g/mol. The van der Waals surface area contributed by atoms with E-state index in [4.69, 9.17) is 21.1 Å². The van der Waals surface area contributed by atoms with Crippen LogP contribution in [-0.2, 0) is 19.6 Å². The molecule has 1 heterocycles. The molecule has 2 aromatic carbocycles. The second-order valence-electron chi connectivity index (χ2n) is 11.4. The number of benzene rings is 2. The van der Waals surface area contributed by atoms with Gasteiger partial charge in [-0.2, -0.15) is 0 Å². The van der Waals surface area contributed by atoms with Crippen LogP contribution < -0.4 is 38.0 Å². The first-order chi connectivity index (χ1) is 21.1. The van der Waals surface area contributed by atoms with E-state index in [1.807, 2.05) is 59.6 Å². The molecular formula is C37H52ClIN2O3. The fourth-order valence-corrected chi connectivity index (χ4v) is 5.69. The third kappa shape index (κ3) is 13.0. The van der Waals surface area contributed by atoms with E-state index in [1.54, 1.807) is 7.11 Å². The number of unbranched alkanes of at least 4 members (excludes halogenated alkanes) is 11. The maximum Gasteiger partial charge on any atom is 0.258 e. The Morgan fingerprint density at radius 2 is 1.45 bits per heavy atom. The fraction of sp³-hybridized carbons (Fsp3) is 0.514. The third-order valence-corrected chi connectivity index (χ3v) is 8.23. The molecule has 44 heavy (non-hydrogen) atoms. The van der Waals surface area contributed by atoms with Gasteiger partial charge in [0.2, 0.25) is 0 Å². The molecule has 0 atom stereocenters. The number of halogens is 2. The van der Waals surface area contributed by atoms with E-state index < -0.39 is 0 Å². The van der Waals surface area contributed by atoms with Crippen molar-refractivity contribution in [2.24, 2.45) is 0 Å². The average Bonchev–Trinajstić information content (AvgIpc) is 3.03. The number of ether oxygens (including phenoxy) is 2. The molecule has 0 N–H and O–H groups in total. The van der Waals surface area contributed by atoms with Gasteiger partial charge in [-0.3, -0.25) is 4.79 Å². The molecule has 3 aromatic rings. The first kappa shape index (κ1) is 37.9. The predicted octanol–water partition coefficient (Wildman–Crippen LogP) is 6.58. The molecule has 0 saturated heterocycles. The number of aromatic nitrogens is 1. The zero-order valence-electron chi connectivity index (χ0n) is 27.0. The number of amides is 1. The zero-order valence-corrected chi connectivity index (χ0v) is 30.0. The minimum Gasteiger partial charge on any atom is -1.00 e. The number of aryl methyl sites for hydroxylation is 1. The summed E-state index contributed by atoms with van der Waals surface area (Å²) >= 11 is 6.66. The van der Waals surface area contributed by atoms with Gasteiger partial charge in [0.1, 0.15) is 18.0 Å². The third-order valence-electron chi connectivity index (χ3n) is 7.94. The van der Waals surface area contributed by atoms with Crippen molar-refractivity contribution in [3.05, 3.63) is 88.7 Å². The van der Waals surface area contributed by atoms with Gasteiger partial charge in [-0.15, -0.1) is 0 Å². The van der Waals surface area contributed by atoms with Crippen LogP contribution in [0, 0.1) is 0 Å². The molecule has 0 aliphatic heterocycles. The summed E-state index contributed by atoms with van der Waals surface area (Å²) < 4.78 is 13.9. The quantitative estimate of drug-likeness (QED) is 0.0706. The Hall–Kier alpha value is -2.32. The molecule has 0 fully saturated rings. The van der Waals surface area contributed by atoms with Crippen LogP contribution in [-0.4, -0.2) is 24.5 Å². The molecule has 242 valence electrons. The van der Waals surface area contributed by atoms with Gasteiger partial charge in [-0.1, -0.05) is 113 Å². The number of rotatable bonds is 21. The number of nitrogens with zero attached hydrogens (tertiary/aromatic N) is 2. The van der Waals surface area contributed by atoms with Crippen LogP contribution in [0.15, 0.2) is 67.0 Å². The van der Waals surface area contributed by atoms with Crippen LogP contribution in [0.2, 0.25) is 5.02 Å². The lowest BCUT2D eigenvalue weighted by molar-refractivity contribution is -0.694. The van der Waals surface area contributed by atoms with Gasteiger partial charge in [0, 0.05) is 17.2 Å². The summed E-state index contributed by atoms with van der Waals surface area (Å²) in [5.41, 5.74) is 2.48. The molecule has 0 unspecified atom stereocenters. The Balaban J connectivity index is 0.00000675. The van der Waals surface area contributed by atoms with Crippen molar-refractivity contribution in [2.75, 3.05) is 13.7 Å². The summed E-state index contributed by atoms with van der Waals surface area (Å²) in [4.78, 5) is 15.8. The van der Waals surface area contributed by atoms with Crippen molar-refractivity contribution < 1.29 is 42.8 Å². The van der Waals surface area contributed by atoms with Gasteiger partial charge in [0.25, 0.3) is 5.91 Å². The number of methoxy groups -OCH3 is 1. The Bertz CT molecular complexity index is 1240. The highest BCUT2D eigenvalue weighted by Gasteiger charge is 2.23. The van der Waals surface area contributed by atoms with Gasteiger partial charge in [-0.25, -0.2) is 4.57 Å². The van der Waals surface area contributed by atoms with Gasteiger partial charge in [0.15, 0.2) is 12.4 Å². The van der Waals surface area contributed by atoms with Crippen LogP contribution in [0.25, 0.3) is 0 Å². The maximum atomic E-state index is 13.9. The van der Waals surface area contributed by atoms with Crippen molar-refractivity contribution in [1.29, 1.82) is 0 Å². The topological polar surface area (TPSA) is 42.7 Å². The fourth-order valence-electron chi connectivity index (χ4n) is 5.44. The number of pyridine rings is 1. The van der Waals surface area contributed by atoms with E-state index >= 15 is 0 Å². The Morgan fingerprint density at radius 3 is 2.11 bits per heavy atom. The average molecular weight is 735 g/mol. The molecule has 7 heteroatoms. The second kappa shape index (κ2) is 22.2.